The van der Waals surface area contributed by atoms with E-state index in [0.29, 0.717) is 6.42 Å². The molecule has 0 aromatic carbocycles. The largest absolute Gasteiger partial charge is 0.354 e. The van der Waals surface area contributed by atoms with Crippen LogP contribution in [0.3, 0.4) is 0 Å². The number of carbonyl (C=O) groups is 1. The predicted octanol–water partition coefficient (Wildman–Crippen LogP) is 3.10. The van der Waals surface area contributed by atoms with Gasteiger partial charge in [-0.15, -0.1) is 0 Å². The molecule has 108 valence electrons. The maximum Gasteiger partial charge on any atom is 0.221 e. The highest BCUT2D eigenvalue weighted by atomic mass is 16.1. The van der Waals surface area contributed by atoms with Gasteiger partial charge in [-0.1, -0.05) is 39.5 Å². The van der Waals surface area contributed by atoms with Gasteiger partial charge >= 0.3 is 0 Å². The second-order valence-electron chi connectivity index (χ2n) is 5.82. The van der Waals surface area contributed by atoms with Crippen molar-refractivity contribution in [3.05, 3.63) is 0 Å². The van der Waals surface area contributed by atoms with Gasteiger partial charge in [-0.3, -0.25) is 4.79 Å². The minimum atomic E-state index is 0.148. The van der Waals surface area contributed by atoms with Crippen LogP contribution in [-0.2, 0) is 4.79 Å². The van der Waals surface area contributed by atoms with Gasteiger partial charge in [0.15, 0.2) is 0 Å². The van der Waals surface area contributed by atoms with Crippen molar-refractivity contribution in [2.45, 2.75) is 72.3 Å². The van der Waals surface area contributed by atoms with Crippen molar-refractivity contribution in [1.82, 2.24) is 10.6 Å². The average molecular weight is 256 g/mol. The van der Waals surface area contributed by atoms with Crippen LogP contribution in [0.1, 0.15) is 66.2 Å². The Morgan fingerprint density at radius 1 is 0.944 bits per heavy atom. The van der Waals surface area contributed by atoms with Crippen molar-refractivity contribution in [2.75, 3.05) is 13.1 Å². The summed E-state index contributed by atoms with van der Waals surface area (Å²) in [4.78, 5) is 11.3. The molecular weight excluding hydrogens is 224 g/mol. The molecule has 3 heteroatoms. The average Bonchev–Trinajstić information content (AvgIpc) is 2.25. The van der Waals surface area contributed by atoms with Crippen LogP contribution >= 0.6 is 0 Å². The number of rotatable bonds is 11. The van der Waals surface area contributed by atoms with Gasteiger partial charge in [-0.2, -0.15) is 0 Å². The van der Waals surface area contributed by atoms with Crippen molar-refractivity contribution in [2.24, 2.45) is 5.92 Å². The standard InChI is InChI=1S/C15H32N2O/c1-13(2)9-7-5-6-8-11-16-12-10-15(18)17-14(3)4/h13-14,16H,5-12H2,1-4H3,(H,17,18). The lowest BCUT2D eigenvalue weighted by Crippen LogP contribution is -2.32. The van der Waals surface area contributed by atoms with E-state index in [1.54, 1.807) is 0 Å². The van der Waals surface area contributed by atoms with E-state index in [1.165, 1.54) is 32.1 Å². The van der Waals surface area contributed by atoms with Gasteiger partial charge in [0.05, 0.1) is 0 Å². The lowest BCUT2D eigenvalue weighted by Gasteiger charge is -2.09. The fraction of sp³-hybridized carbons (Fsp3) is 0.933. The number of carbonyl (C=O) groups excluding carboxylic acids is 1. The molecule has 0 aliphatic rings. The zero-order valence-corrected chi connectivity index (χ0v) is 12.7. The molecule has 0 aliphatic heterocycles. The van der Waals surface area contributed by atoms with Gasteiger partial charge in [-0.25, -0.2) is 0 Å². The third kappa shape index (κ3) is 13.5. The smallest absolute Gasteiger partial charge is 0.221 e. The SMILES string of the molecule is CC(C)CCCCCCNCCC(=O)NC(C)C. The first-order valence-corrected chi connectivity index (χ1v) is 7.52. The number of nitrogens with one attached hydrogen (secondary N) is 2. The summed E-state index contributed by atoms with van der Waals surface area (Å²) in [5.41, 5.74) is 0. The molecule has 0 unspecified atom stereocenters. The van der Waals surface area contributed by atoms with Crippen molar-refractivity contribution < 1.29 is 4.79 Å². The Morgan fingerprint density at radius 2 is 1.61 bits per heavy atom. The van der Waals surface area contributed by atoms with Gasteiger partial charge in [0.2, 0.25) is 5.91 Å². The van der Waals surface area contributed by atoms with Crippen LogP contribution in [-0.4, -0.2) is 25.0 Å². The summed E-state index contributed by atoms with van der Waals surface area (Å²) >= 11 is 0. The second kappa shape index (κ2) is 11.5. The number of hydrogen-bond donors (Lipinski definition) is 2. The first-order chi connectivity index (χ1) is 8.52. The van der Waals surface area contributed by atoms with Gasteiger partial charge in [0.25, 0.3) is 0 Å². The summed E-state index contributed by atoms with van der Waals surface area (Å²) in [6, 6.07) is 0.249. The molecular formula is C15H32N2O. The molecule has 0 saturated carbocycles. The van der Waals surface area contributed by atoms with Gasteiger partial charge in [-0.05, 0) is 32.7 Å². The molecule has 3 nitrogen and oxygen atoms in total. The summed E-state index contributed by atoms with van der Waals surface area (Å²) < 4.78 is 0. The van der Waals surface area contributed by atoms with Crippen LogP contribution in [0.5, 0.6) is 0 Å². The van der Waals surface area contributed by atoms with E-state index in [2.05, 4.69) is 24.5 Å². The van der Waals surface area contributed by atoms with E-state index in [4.69, 9.17) is 0 Å². The topological polar surface area (TPSA) is 41.1 Å². The first-order valence-electron chi connectivity index (χ1n) is 7.52. The molecule has 0 heterocycles. The summed E-state index contributed by atoms with van der Waals surface area (Å²) in [6.07, 6.45) is 7.16. The van der Waals surface area contributed by atoms with Gasteiger partial charge in [0.1, 0.15) is 0 Å². The summed E-state index contributed by atoms with van der Waals surface area (Å²) in [6.45, 7) is 10.4. The Kier molecular flexibility index (Phi) is 11.2. The molecule has 0 rings (SSSR count). The highest BCUT2D eigenvalue weighted by Crippen LogP contribution is 2.08. The van der Waals surface area contributed by atoms with Gasteiger partial charge < -0.3 is 10.6 Å². The van der Waals surface area contributed by atoms with Crippen molar-refractivity contribution in [3.63, 3.8) is 0 Å². The van der Waals surface area contributed by atoms with Crippen molar-refractivity contribution in [1.29, 1.82) is 0 Å². The molecule has 0 fully saturated rings. The van der Waals surface area contributed by atoms with E-state index in [0.717, 1.165) is 19.0 Å². The van der Waals surface area contributed by atoms with E-state index in [1.807, 2.05) is 13.8 Å². The Labute approximate surface area is 113 Å². The van der Waals surface area contributed by atoms with Gasteiger partial charge in [0, 0.05) is 19.0 Å². The summed E-state index contributed by atoms with van der Waals surface area (Å²) in [5.74, 6) is 0.983. The predicted molar refractivity (Wildman–Crippen MR) is 78.7 cm³/mol. The van der Waals surface area contributed by atoms with Crippen molar-refractivity contribution in [3.8, 4) is 0 Å². The van der Waals surface area contributed by atoms with E-state index < -0.39 is 0 Å². The van der Waals surface area contributed by atoms with Crippen LogP contribution in [0.15, 0.2) is 0 Å². The number of amides is 1. The quantitative estimate of drug-likeness (QED) is 0.558. The highest BCUT2D eigenvalue weighted by molar-refractivity contribution is 5.76. The Bertz CT molecular complexity index is 203. The third-order valence-electron chi connectivity index (χ3n) is 2.86. The molecule has 0 saturated heterocycles. The zero-order valence-electron chi connectivity index (χ0n) is 12.7. The summed E-state index contributed by atoms with van der Waals surface area (Å²) in [7, 11) is 0. The molecule has 0 bridgehead atoms. The third-order valence-corrected chi connectivity index (χ3v) is 2.86. The molecule has 0 radical (unpaired) electrons. The normalized spacial score (nSPS) is 11.2. The number of hydrogen-bond acceptors (Lipinski definition) is 2. The maximum absolute atomic E-state index is 11.3. The van der Waals surface area contributed by atoms with E-state index in [9.17, 15) is 4.79 Å². The van der Waals surface area contributed by atoms with E-state index in [-0.39, 0.29) is 11.9 Å². The summed E-state index contributed by atoms with van der Waals surface area (Å²) in [5, 5.41) is 6.22. The molecule has 0 aliphatic carbocycles. The van der Waals surface area contributed by atoms with Crippen LogP contribution < -0.4 is 10.6 Å². The van der Waals surface area contributed by atoms with Crippen LogP contribution in [0.25, 0.3) is 0 Å². The van der Waals surface area contributed by atoms with E-state index >= 15 is 0 Å². The van der Waals surface area contributed by atoms with Crippen LogP contribution in [0, 0.1) is 5.92 Å². The monoisotopic (exact) mass is 256 g/mol. The zero-order chi connectivity index (χ0) is 13.8. The minimum Gasteiger partial charge on any atom is -0.354 e. The Balaban J connectivity index is 3.14. The molecule has 0 atom stereocenters. The molecule has 0 spiro atoms. The molecule has 0 aromatic rings. The fourth-order valence-electron chi connectivity index (χ4n) is 1.88. The molecule has 18 heavy (non-hydrogen) atoms. The molecule has 1 amide bonds. The second-order valence-corrected chi connectivity index (χ2v) is 5.82. The van der Waals surface area contributed by atoms with Crippen LogP contribution in [0.4, 0.5) is 0 Å². The Hall–Kier alpha value is -0.570. The first kappa shape index (κ1) is 17.4. The highest BCUT2D eigenvalue weighted by Gasteiger charge is 2.01. The lowest BCUT2D eigenvalue weighted by molar-refractivity contribution is -0.121. The maximum atomic E-state index is 11.3. The number of unbranched alkanes of at least 4 members (excludes halogenated alkanes) is 3. The minimum absolute atomic E-state index is 0.148. The Morgan fingerprint density at radius 3 is 2.22 bits per heavy atom. The fourth-order valence-corrected chi connectivity index (χ4v) is 1.88. The van der Waals surface area contributed by atoms with Crippen molar-refractivity contribution >= 4 is 5.91 Å². The lowest BCUT2D eigenvalue weighted by atomic mass is 10.0. The molecule has 2 N–H and O–H groups in total. The molecule has 0 aromatic heterocycles. The van der Waals surface area contributed by atoms with Crippen LogP contribution in [0.2, 0.25) is 0 Å².